The first-order valence-electron chi connectivity index (χ1n) is 5.51. The minimum atomic E-state index is -3.74. The monoisotopic (exact) mass is 351 g/mol. The van der Waals surface area contributed by atoms with Crippen LogP contribution < -0.4 is 4.72 Å². The molecule has 0 aliphatic heterocycles. The Morgan fingerprint density at radius 3 is 2.55 bits per heavy atom. The minimum Gasteiger partial charge on any atom is -0.391 e. The molecule has 0 radical (unpaired) electrons. The van der Waals surface area contributed by atoms with Gasteiger partial charge in [-0.05, 0) is 36.8 Å². The van der Waals surface area contributed by atoms with E-state index in [2.05, 4.69) is 4.72 Å². The third-order valence-corrected chi connectivity index (χ3v) is 6.20. The summed E-state index contributed by atoms with van der Waals surface area (Å²) in [5, 5.41) is 9.67. The van der Waals surface area contributed by atoms with E-state index in [0.29, 0.717) is 9.90 Å². The normalized spacial score (nSPS) is 11.6. The lowest BCUT2D eigenvalue weighted by molar-refractivity contribution is 0.285. The number of aliphatic hydroxyl groups is 1. The maximum Gasteiger partial charge on any atom is 0.271 e. The molecule has 1 aromatic heterocycles. The molecule has 0 unspecified atom stereocenters. The number of thiophene rings is 1. The van der Waals surface area contributed by atoms with Crippen molar-refractivity contribution in [1.82, 2.24) is 0 Å². The summed E-state index contributed by atoms with van der Waals surface area (Å²) in [5.41, 5.74) is 0.986. The summed E-state index contributed by atoms with van der Waals surface area (Å²) in [6, 6.07) is 6.05. The Balaban J connectivity index is 2.35. The van der Waals surface area contributed by atoms with Crippen molar-refractivity contribution in [2.45, 2.75) is 17.7 Å². The van der Waals surface area contributed by atoms with Crippen molar-refractivity contribution in [2.75, 3.05) is 4.72 Å². The smallest absolute Gasteiger partial charge is 0.271 e. The van der Waals surface area contributed by atoms with Crippen molar-refractivity contribution in [3.8, 4) is 0 Å². The first kappa shape index (κ1) is 15.6. The number of aryl methyl sites for hydroxylation is 1. The van der Waals surface area contributed by atoms with Gasteiger partial charge in [0.05, 0.1) is 17.3 Å². The molecule has 0 saturated heterocycles. The molecule has 4 nitrogen and oxygen atoms in total. The van der Waals surface area contributed by atoms with Gasteiger partial charge in [0, 0.05) is 9.90 Å². The molecule has 108 valence electrons. The maximum atomic E-state index is 12.2. The average molecular weight is 352 g/mol. The van der Waals surface area contributed by atoms with Crippen molar-refractivity contribution in [2.24, 2.45) is 0 Å². The van der Waals surface area contributed by atoms with Crippen LogP contribution in [0.5, 0.6) is 0 Å². The van der Waals surface area contributed by atoms with Crippen molar-refractivity contribution in [3.63, 3.8) is 0 Å². The maximum absolute atomic E-state index is 12.2. The Bertz CT molecular complexity index is 741. The van der Waals surface area contributed by atoms with E-state index in [1.54, 1.807) is 19.1 Å². The van der Waals surface area contributed by atoms with Gasteiger partial charge in [-0.2, -0.15) is 0 Å². The van der Waals surface area contributed by atoms with Crippen LogP contribution in [-0.4, -0.2) is 13.5 Å². The number of hydrogen-bond acceptors (Lipinski definition) is 4. The zero-order valence-corrected chi connectivity index (χ0v) is 13.5. The highest BCUT2D eigenvalue weighted by atomic mass is 35.5. The fourth-order valence-corrected chi connectivity index (χ4v) is 4.28. The van der Waals surface area contributed by atoms with E-state index < -0.39 is 10.0 Å². The second-order valence-corrected chi connectivity index (χ2v) is 7.96. The number of nitrogens with one attached hydrogen (secondary N) is 1. The van der Waals surface area contributed by atoms with Gasteiger partial charge in [0.25, 0.3) is 10.0 Å². The van der Waals surface area contributed by atoms with Gasteiger partial charge in [-0.25, -0.2) is 8.42 Å². The largest absolute Gasteiger partial charge is 0.391 e. The number of hydrogen-bond donors (Lipinski definition) is 2. The first-order valence-corrected chi connectivity index (χ1v) is 8.57. The number of anilines is 1. The molecular weight excluding hydrogens is 341 g/mol. The van der Waals surface area contributed by atoms with Crippen LogP contribution in [0.15, 0.2) is 28.5 Å². The van der Waals surface area contributed by atoms with Crippen LogP contribution in [0.25, 0.3) is 0 Å². The first-order chi connectivity index (χ1) is 9.33. The van der Waals surface area contributed by atoms with Gasteiger partial charge < -0.3 is 5.11 Å². The number of aliphatic hydroxyl groups excluding tert-OH is 1. The average Bonchev–Trinajstić information content (AvgIpc) is 2.85. The highest BCUT2D eigenvalue weighted by molar-refractivity contribution is 7.94. The number of halogens is 2. The Kier molecular flexibility index (Phi) is 4.61. The number of rotatable bonds is 4. The highest BCUT2D eigenvalue weighted by Crippen LogP contribution is 2.31. The van der Waals surface area contributed by atoms with Gasteiger partial charge in [-0.3, -0.25) is 4.72 Å². The Morgan fingerprint density at radius 2 is 1.95 bits per heavy atom. The summed E-state index contributed by atoms with van der Waals surface area (Å²) >= 11 is 13.0. The zero-order chi connectivity index (χ0) is 14.9. The second kappa shape index (κ2) is 5.91. The van der Waals surface area contributed by atoms with Crippen molar-refractivity contribution < 1.29 is 13.5 Å². The standard InChI is InChI=1S/C12H11Cl2NO3S2/c1-7-4-10(14)11(5-9(7)13)15-20(17,18)12-3-2-8(6-16)19-12/h2-5,15-16H,6H2,1H3. The molecule has 8 heteroatoms. The van der Waals surface area contributed by atoms with Gasteiger partial charge in [-0.1, -0.05) is 23.2 Å². The summed E-state index contributed by atoms with van der Waals surface area (Å²) in [5.74, 6) is 0. The van der Waals surface area contributed by atoms with Gasteiger partial charge >= 0.3 is 0 Å². The molecule has 2 rings (SSSR count). The van der Waals surface area contributed by atoms with E-state index in [-0.39, 0.29) is 21.5 Å². The molecule has 0 aliphatic carbocycles. The van der Waals surface area contributed by atoms with Gasteiger partial charge in [0.2, 0.25) is 0 Å². The van der Waals surface area contributed by atoms with Crippen LogP contribution in [-0.2, 0) is 16.6 Å². The van der Waals surface area contributed by atoms with E-state index in [1.807, 2.05) is 0 Å². The molecule has 0 amide bonds. The third-order valence-electron chi connectivity index (χ3n) is 2.55. The second-order valence-electron chi connectivity index (χ2n) is 4.07. The van der Waals surface area contributed by atoms with Crippen LogP contribution in [0.3, 0.4) is 0 Å². The molecule has 20 heavy (non-hydrogen) atoms. The van der Waals surface area contributed by atoms with Crippen LogP contribution in [0.1, 0.15) is 10.4 Å². The molecule has 2 aromatic rings. The summed E-state index contributed by atoms with van der Waals surface area (Å²) < 4.78 is 26.9. The lowest BCUT2D eigenvalue weighted by Crippen LogP contribution is -2.11. The van der Waals surface area contributed by atoms with Crippen LogP contribution in [0.4, 0.5) is 5.69 Å². The van der Waals surface area contributed by atoms with Crippen molar-refractivity contribution in [1.29, 1.82) is 0 Å². The summed E-state index contributed by atoms with van der Waals surface area (Å²) in [6.07, 6.45) is 0. The summed E-state index contributed by atoms with van der Waals surface area (Å²) in [4.78, 5) is 0.568. The summed E-state index contributed by atoms with van der Waals surface area (Å²) in [6.45, 7) is 1.58. The highest BCUT2D eigenvalue weighted by Gasteiger charge is 2.18. The number of sulfonamides is 1. The van der Waals surface area contributed by atoms with Gasteiger partial charge in [-0.15, -0.1) is 11.3 Å². The molecule has 2 N–H and O–H groups in total. The van der Waals surface area contributed by atoms with Crippen LogP contribution >= 0.6 is 34.5 Å². The quantitative estimate of drug-likeness (QED) is 0.883. The molecule has 1 aromatic carbocycles. The van der Waals surface area contributed by atoms with E-state index in [0.717, 1.165) is 16.9 Å². The fraction of sp³-hybridized carbons (Fsp3) is 0.167. The molecule has 0 fully saturated rings. The zero-order valence-electron chi connectivity index (χ0n) is 10.4. The number of benzene rings is 1. The molecule has 0 aliphatic rings. The summed E-state index contributed by atoms with van der Waals surface area (Å²) in [7, 11) is -3.74. The molecule has 1 heterocycles. The minimum absolute atomic E-state index is 0.106. The van der Waals surface area contributed by atoms with Crippen molar-refractivity contribution >= 4 is 50.2 Å². The third kappa shape index (κ3) is 3.27. The lowest BCUT2D eigenvalue weighted by Gasteiger charge is -2.10. The molecule has 0 atom stereocenters. The van der Waals surface area contributed by atoms with E-state index in [4.69, 9.17) is 28.3 Å². The van der Waals surface area contributed by atoms with E-state index in [1.165, 1.54) is 12.1 Å². The van der Waals surface area contributed by atoms with Gasteiger partial charge in [0.15, 0.2) is 0 Å². The van der Waals surface area contributed by atoms with E-state index in [9.17, 15) is 8.42 Å². The van der Waals surface area contributed by atoms with Crippen LogP contribution in [0.2, 0.25) is 10.0 Å². The SMILES string of the molecule is Cc1cc(Cl)c(NS(=O)(=O)c2ccc(CO)s2)cc1Cl. The van der Waals surface area contributed by atoms with Crippen LogP contribution in [0, 0.1) is 6.92 Å². The van der Waals surface area contributed by atoms with E-state index >= 15 is 0 Å². The molecule has 0 saturated carbocycles. The molecular formula is C12H11Cl2NO3S2. The molecule has 0 spiro atoms. The topological polar surface area (TPSA) is 66.4 Å². The lowest BCUT2D eigenvalue weighted by atomic mass is 10.2. The molecule has 0 bridgehead atoms. The van der Waals surface area contributed by atoms with Gasteiger partial charge in [0.1, 0.15) is 4.21 Å². The Labute approximate surface area is 131 Å². The fourth-order valence-electron chi connectivity index (χ4n) is 1.51. The Morgan fingerprint density at radius 1 is 1.25 bits per heavy atom. The Hall–Kier alpha value is -0.790. The predicted molar refractivity (Wildman–Crippen MR) is 82.2 cm³/mol. The predicted octanol–water partition coefficient (Wildman–Crippen LogP) is 3.66. The van der Waals surface area contributed by atoms with Crippen molar-refractivity contribution in [3.05, 3.63) is 44.8 Å².